The van der Waals surface area contributed by atoms with E-state index >= 15 is 0 Å². The highest BCUT2D eigenvalue weighted by Crippen LogP contribution is 2.29. The number of carbonyl (C=O) groups excluding carboxylic acids is 1. The van der Waals surface area contributed by atoms with E-state index in [2.05, 4.69) is 10.1 Å². The van der Waals surface area contributed by atoms with E-state index in [-0.39, 0.29) is 29.8 Å². The molecule has 1 fully saturated rings. The molecule has 10 nitrogen and oxygen atoms in total. The second kappa shape index (κ2) is 12.5. The Bertz CT molecular complexity index is 1620. The number of halogens is 1. The normalized spacial score (nSPS) is 14.6. The second-order valence-electron chi connectivity index (χ2n) is 9.64. The molecule has 1 aromatic heterocycles. The molecule has 4 aromatic rings. The number of benzene rings is 3. The molecule has 1 unspecified atom stereocenters. The fourth-order valence-electron chi connectivity index (χ4n) is 4.97. The van der Waals surface area contributed by atoms with Gasteiger partial charge in [0.15, 0.2) is 6.61 Å². The van der Waals surface area contributed by atoms with E-state index in [1.165, 1.54) is 6.07 Å². The van der Waals surface area contributed by atoms with Crippen LogP contribution in [0.25, 0.3) is 16.6 Å². The summed E-state index contributed by atoms with van der Waals surface area (Å²) < 4.78 is 13.0. The number of nitrogens with zero attached hydrogens (tertiary/aromatic N) is 5. The van der Waals surface area contributed by atoms with Gasteiger partial charge in [0, 0.05) is 31.2 Å². The average molecular weight is 576 g/mol. The molecule has 0 aliphatic carbocycles. The van der Waals surface area contributed by atoms with Crippen LogP contribution in [0.4, 0.5) is 5.69 Å². The van der Waals surface area contributed by atoms with Crippen molar-refractivity contribution in [3.05, 3.63) is 92.8 Å². The Labute approximate surface area is 242 Å². The molecule has 41 heavy (non-hydrogen) atoms. The number of nitroso groups, excluding NO2 is 1. The van der Waals surface area contributed by atoms with Gasteiger partial charge in [0.2, 0.25) is 0 Å². The molecule has 2 heterocycles. The third kappa shape index (κ3) is 6.08. The van der Waals surface area contributed by atoms with Gasteiger partial charge in [-0.3, -0.25) is 19.1 Å². The van der Waals surface area contributed by atoms with E-state index in [1.807, 2.05) is 38.1 Å². The number of hydrogen-bond acceptors (Lipinski definition) is 8. The summed E-state index contributed by atoms with van der Waals surface area (Å²) in [5, 5.41) is 3.89. The van der Waals surface area contributed by atoms with Crippen molar-refractivity contribution in [3.8, 4) is 17.2 Å². The van der Waals surface area contributed by atoms with Crippen molar-refractivity contribution >= 4 is 34.1 Å². The largest absolute Gasteiger partial charge is 0.492 e. The minimum Gasteiger partial charge on any atom is -0.492 e. The standard InChI is InChI=1S/C30H30ClN5O5/c1-3-40-27-7-5-4-6-26(27)36-29(32-25-13-10-22(33-39)18-24(25)30(36)38)20(2)34-14-16-35(17-15-34)28(37)19-41-23-11-8-21(31)9-12-23/h4-13,18,20H,3,14-17,19H2,1-2H3. The van der Waals surface area contributed by atoms with E-state index in [9.17, 15) is 14.5 Å². The summed E-state index contributed by atoms with van der Waals surface area (Å²) in [6.07, 6.45) is 0. The van der Waals surface area contributed by atoms with Crippen LogP contribution in [0.3, 0.4) is 0 Å². The Morgan fingerprint density at radius 3 is 2.46 bits per heavy atom. The zero-order valence-corrected chi connectivity index (χ0v) is 23.6. The highest BCUT2D eigenvalue weighted by atomic mass is 35.5. The first-order chi connectivity index (χ1) is 19.9. The third-order valence-electron chi connectivity index (χ3n) is 7.15. The zero-order valence-electron chi connectivity index (χ0n) is 22.8. The number of carbonyl (C=O) groups is 1. The summed E-state index contributed by atoms with van der Waals surface area (Å²) in [5.41, 5.74) is 0.876. The summed E-state index contributed by atoms with van der Waals surface area (Å²) in [7, 11) is 0. The van der Waals surface area contributed by atoms with Crippen molar-refractivity contribution in [2.24, 2.45) is 5.18 Å². The van der Waals surface area contributed by atoms with Gasteiger partial charge in [-0.1, -0.05) is 23.7 Å². The predicted molar refractivity (Wildman–Crippen MR) is 157 cm³/mol. The van der Waals surface area contributed by atoms with Gasteiger partial charge in [-0.15, -0.1) is 4.91 Å². The smallest absolute Gasteiger partial charge is 0.266 e. The van der Waals surface area contributed by atoms with Crippen molar-refractivity contribution in [3.63, 3.8) is 0 Å². The van der Waals surface area contributed by atoms with E-state index in [0.29, 0.717) is 71.7 Å². The highest BCUT2D eigenvalue weighted by Gasteiger charge is 2.29. The van der Waals surface area contributed by atoms with Crippen LogP contribution in [0.1, 0.15) is 25.7 Å². The van der Waals surface area contributed by atoms with E-state index in [1.54, 1.807) is 45.9 Å². The summed E-state index contributed by atoms with van der Waals surface area (Å²) in [6, 6.07) is 18.6. The van der Waals surface area contributed by atoms with E-state index < -0.39 is 0 Å². The van der Waals surface area contributed by atoms with Gasteiger partial charge in [0.1, 0.15) is 23.0 Å². The van der Waals surface area contributed by atoms with Crippen LogP contribution in [-0.2, 0) is 4.79 Å². The molecule has 1 atom stereocenters. The van der Waals surface area contributed by atoms with Crippen LogP contribution in [0, 0.1) is 4.91 Å². The Kier molecular flexibility index (Phi) is 8.61. The number of para-hydroxylation sites is 2. The van der Waals surface area contributed by atoms with Crippen molar-refractivity contribution in [1.82, 2.24) is 19.4 Å². The Balaban J connectivity index is 1.40. The fourth-order valence-corrected chi connectivity index (χ4v) is 5.10. The lowest BCUT2D eigenvalue weighted by Crippen LogP contribution is -2.51. The molecule has 1 aliphatic heterocycles. The molecule has 3 aromatic carbocycles. The van der Waals surface area contributed by atoms with E-state index in [0.717, 1.165) is 0 Å². The van der Waals surface area contributed by atoms with Crippen molar-refractivity contribution in [1.29, 1.82) is 0 Å². The molecule has 0 spiro atoms. The lowest BCUT2D eigenvalue weighted by Gasteiger charge is -2.38. The molecule has 1 amide bonds. The maximum atomic E-state index is 13.9. The SMILES string of the molecule is CCOc1ccccc1-n1c(C(C)N2CCN(C(=O)COc3ccc(Cl)cc3)CC2)nc2ccc(N=O)cc2c1=O. The van der Waals surface area contributed by atoms with Crippen LogP contribution in [0.2, 0.25) is 5.02 Å². The molecule has 1 saturated heterocycles. The van der Waals surface area contributed by atoms with Crippen LogP contribution in [-0.4, -0.2) is 64.7 Å². The highest BCUT2D eigenvalue weighted by molar-refractivity contribution is 6.30. The molecule has 0 N–H and O–H groups in total. The molecule has 5 rings (SSSR count). The number of aromatic nitrogens is 2. The number of ether oxygens (including phenoxy) is 2. The van der Waals surface area contributed by atoms with Crippen LogP contribution >= 0.6 is 11.6 Å². The lowest BCUT2D eigenvalue weighted by molar-refractivity contribution is -0.135. The molecule has 0 bridgehead atoms. The summed E-state index contributed by atoms with van der Waals surface area (Å²) in [5.74, 6) is 1.57. The number of piperazine rings is 1. The maximum Gasteiger partial charge on any atom is 0.266 e. The average Bonchev–Trinajstić information content (AvgIpc) is 3.01. The molecule has 212 valence electrons. The summed E-state index contributed by atoms with van der Waals surface area (Å²) in [6.45, 7) is 6.43. The maximum absolute atomic E-state index is 13.9. The Hall–Kier alpha value is -4.28. The lowest BCUT2D eigenvalue weighted by atomic mass is 10.1. The van der Waals surface area contributed by atoms with Gasteiger partial charge in [0.25, 0.3) is 11.5 Å². The van der Waals surface area contributed by atoms with Gasteiger partial charge >= 0.3 is 0 Å². The molecular weight excluding hydrogens is 546 g/mol. The second-order valence-corrected chi connectivity index (χ2v) is 10.1. The van der Waals surface area contributed by atoms with Gasteiger partial charge < -0.3 is 14.4 Å². The van der Waals surface area contributed by atoms with Crippen LogP contribution in [0.5, 0.6) is 11.5 Å². The van der Waals surface area contributed by atoms with Gasteiger partial charge in [-0.25, -0.2) is 4.98 Å². The van der Waals surface area contributed by atoms with Crippen LogP contribution in [0.15, 0.2) is 76.7 Å². The monoisotopic (exact) mass is 575 g/mol. The summed E-state index contributed by atoms with van der Waals surface area (Å²) >= 11 is 5.92. The number of hydrogen-bond donors (Lipinski definition) is 0. The summed E-state index contributed by atoms with van der Waals surface area (Å²) in [4.78, 5) is 46.8. The van der Waals surface area contributed by atoms with Gasteiger partial charge in [-0.05, 0) is 73.6 Å². The molecule has 11 heteroatoms. The van der Waals surface area contributed by atoms with Crippen molar-refractivity contribution in [2.75, 3.05) is 39.4 Å². The van der Waals surface area contributed by atoms with E-state index in [4.69, 9.17) is 26.1 Å². The first-order valence-electron chi connectivity index (χ1n) is 13.4. The fraction of sp³-hybridized carbons (Fsp3) is 0.300. The number of amides is 1. The predicted octanol–water partition coefficient (Wildman–Crippen LogP) is 5.12. The minimum absolute atomic E-state index is 0.0607. The Morgan fingerprint density at radius 2 is 1.76 bits per heavy atom. The molecular formula is C30H30ClN5O5. The number of rotatable bonds is 9. The van der Waals surface area contributed by atoms with Gasteiger partial charge in [0.05, 0.1) is 29.2 Å². The quantitative estimate of drug-likeness (QED) is 0.255. The topological polar surface area (TPSA) is 106 Å². The first-order valence-corrected chi connectivity index (χ1v) is 13.8. The molecule has 0 saturated carbocycles. The van der Waals surface area contributed by atoms with Crippen molar-refractivity contribution in [2.45, 2.75) is 19.9 Å². The van der Waals surface area contributed by atoms with Crippen LogP contribution < -0.4 is 15.0 Å². The van der Waals surface area contributed by atoms with Gasteiger partial charge in [-0.2, -0.15) is 0 Å². The molecule has 0 radical (unpaired) electrons. The Morgan fingerprint density at radius 1 is 1.02 bits per heavy atom. The minimum atomic E-state index is -0.317. The first kappa shape index (κ1) is 28.3. The zero-order chi connectivity index (χ0) is 28.9. The number of fused-ring (bicyclic) bond motifs is 1. The molecule has 1 aliphatic rings. The van der Waals surface area contributed by atoms with Crippen molar-refractivity contribution < 1.29 is 14.3 Å². The third-order valence-corrected chi connectivity index (χ3v) is 7.41.